The van der Waals surface area contributed by atoms with Crippen LogP contribution in [0.3, 0.4) is 0 Å². The van der Waals surface area contributed by atoms with Gasteiger partial charge >= 0.3 is 37.7 Å². The first kappa shape index (κ1) is 11.7. The molecule has 3 nitrogen and oxygen atoms in total. The van der Waals surface area contributed by atoms with Gasteiger partial charge in [0, 0.05) is 0 Å². The van der Waals surface area contributed by atoms with E-state index in [4.69, 9.17) is 4.55 Å². The van der Waals surface area contributed by atoms with Gasteiger partial charge in [-0.25, -0.2) is 0 Å². The Morgan fingerprint density at radius 3 is 1.88 bits per heavy atom. The minimum atomic E-state index is -3.94. The van der Waals surface area contributed by atoms with Crippen LogP contribution in [-0.2, 0) is 10.1 Å². The van der Waals surface area contributed by atoms with Gasteiger partial charge in [0.05, 0.1) is 4.91 Å². The third-order valence-corrected chi connectivity index (χ3v) is 1.32. The van der Waals surface area contributed by atoms with Gasteiger partial charge in [-0.15, -0.1) is 0 Å². The number of allylic oxidation sites excluding steroid dienone is 1. The molecule has 1 N–H and O–H groups in total. The fraction of sp³-hybridized carbons (Fsp3) is 0.333. The topological polar surface area (TPSA) is 54.4 Å². The molecule has 0 aromatic carbocycles. The van der Waals surface area contributed by atoms with Crippen LogP contribution in [0.5, 0.6) is 0 Å². The maximum Gasteiger partial charge on any atom is 2.00 e. The Morgan fingerprint density at radius 1 is 1.75 bits per heavy atom. The van der Waals surface area contributed by atoms with E-state index in [2.05, 4.69) is 6.58 Å². The first-order valence-electron chi connectivity index (χ1n) is 1.57. The van der Waals surface area contributed by atoms with Gasteiger partial charge in [-0.3, -0.25) is 4.55 Å². The number of hydrogen-bond acceptors (Lipinski definition) is 2. The molecular weight excluding hydrogens is 156 g/mol. The molecule has 0 rings (SSSR count). The Hall–Kier alpha value is 0.910. The summed E-state index contributed by atoms with van der Waals surface area (Å²) in [7, 11) is -3.94. The largest absolute Gasteiger partial charge is 2.00 e. The molecule has 5 heteroatoms. The Kier molecular flexibility index (Phi) is 5.61. The van der Waals surface area contributed by atoms with E-state index in [1.807, 2.05) is 0 Å². The predicted octanol–water partition coefficient (Wildman–Crippen LogP) is 0.252. The second kappa shape index (κ2) is 3.85. The van der Waals surface area contributed by atoms with Crippen molar-refractivity contribution < 1.29 is 15.8 Å². The summed E-state index contributed by atoms with van der Waals surface area (Å²) < 4.78 is 27.5. The van der Waals surface area contributed by atoms with Crippen LogP contribution in [0.2, 0.25) is 0 Å². The zero-order valence-electron chi connectivity index (χ0n) is 6.59. The second-order valence-electron chi connectivity index (χ2n) is 1.18. The van der Waals surface area contributed by atoms with E-state index in [-0.39, 0.29) is 45.5 Å². The second-order valence-corrected chi connectivity index (χ2v) is 2.82. The molecule has 0 saturated heterocycles. The van der Waals surface area contributed by atoms with Crippen molar-refractivity contribution in [2.24, 2.45) is 0 Å². The van der Waals surface area contributed by atoms with E-state index in [0.29, 0.717) is 0 Å². The maximum atomic E-state index is 9.79. The van der Waals surface area contributed by atoms with Gasteiger partial charge < -0.3 is 2.85 Å². The molecule has 0 atom stereocenters. The molecule has 0 aromatic heterocycles. The molecular formula is C3H8CaO3S. The molecule has 0 saturated carbocycles. The molecule has 0 heterocycles. The molecule has 0 bridgehead atoms. The van der Waals surface area contributed by atoms with Gasteiger partial charge in [0.25, 0.3) is 10.1 Å². The standard InChI is InChI=1S/C3H6O3S.Ca.2H/c1-3(2)7(4,5)6;;;/h1H2,2H3,(H,4,5,6);;;/q;+2;2*-1. The van der Waals surface area contributed by atoms with Gasteiger partial charge in [0.2, 0.25) is 0 Å². The van der Waals surface area contributed by atoms with E-state index in [9.17, 15) is 8.42 Å². The third-order valence-electron chi connectivity index (χ3n) is 0.440. The zero-order chi connectivity index (χ0) is 6.08. The molecule has 0 spiro atoms. The monoisotopic (exact) mass is 164 g/mol. The first-order chi connectivity index (χ1) is 2.94. The summed E-state index contributed by atoms with van der Waals surface area (Å²) in [5.41, 5.74) is 0. The number of hydrogen-bond donors (Lipinski definition) is 1. The molecule has 8 heavy (non-hydrogen) atoms. The quantitative estimate of drug-likeness (QED) is 0.446. The molecule has 0 unspecified atom stereocenters. The fourth-order valence-electron chi connectivity index (χ4n) is 0. The average Bonchev–Trinajstić information content (AvgIpc) is 1.31. The van der Waals surface area contributed by atoms with Gasteiger partial charge in [0.15, 0.2) is 0 Å². The number of rotatable bonds is 1. The van der Waals surface area contributed by atoms with Crippen LogP contribution in [0, 0.1) is 0 Å². The summed E-state index contributed by atoms with van der Waals surface area (Å²) in [5.74, 6) is 0. The van der Waals surface area contributed by atoms with E-state index >= 15 is 0 Å². The van der Waals surface area contributed by atoms with Crippen molar-refractivity contribution in [1.82, 2.24) is 0 Å². The van der Waals surface area contributed by atoms with Crippen molar-refractivity contribution in [3.05, 3.63) is 11.5 Å². The van der Waals surface area contributed by atoms with Crippen LogP contribution in [0.15, 0.2) is 11.5 Å². The Labute approximate surface area is 81.5 Å². The van der Waals surface area contributed by atoms with Gasteiger partial charge in [-0.2, -0.15) is 8.42 Å². The summed E-state index contributed by atoms with van der Waals surface area (Å²) in [4.78, 5) is -0.229. The van der Waals surface area contributed by atoms with Crippen molar-refractivity contribution in [2.45, 2.75) is 6.92 Å². The molecule has 0 amide bonds. The molecule has 0 aliphatic rings. The van der Waals surface area contributed by atoms with Crippen LogP contribution in [0.1, 0.15) is 9.78 Å². The summed E-state index contributed by atoms with van der Waals surface area (Å²) in [6.07, 6.45) is 0. The average molecular weight is 164 g/mol. The Bertz CT molecular complexity index is 176. The molecule has 46 valence electrons. The minimum absolute atomic E-state index is 0. The van der Waals surface area contributed by atoms with E-state index < -0.39 is 10.1 Å². The van der Waals surface area contributed by atoms with Crippen LogP contribution in [0.4, 0.5) is 0 Å². The first-order valence-corrected chi connectivity index (χ1v) is 3.01. The van der Waals surface area contributed by atoms with Gasteiger partial charge in [0.1, 0.15) is 0 Å². The van der Waals surface area contributed by atoms with Crippen molar-refractivity contribution in [3.63, 3.8) is 0 Å². The van der Waals surface area contributed by atoms with E-state index in [0.717, 1.165) is 0 Å². The van der Waals surface area contributed by atoms with E-state index in [1.54, 1.807) is 0 Å². The molecule has 0 radical (unpaired) electrons. The SMILES string of the molecule is C=C(C)S(=O)(=O)O.[Ca+2].[H-].[H-]. The summed E-state index contributed by atoms with van der Waals surface area (Å²) in [6.45, 7) is 4.21. The fourth-order valence-corrected chi connectivity index (χ4v) is 0. The summed E-state index contributed by atoms with van der Waals surface area (Å²) >= 11 is 0. The molecule has 0 aromatic rings. The van der Waals surface area contributed by atoms with Gasteiger partial charge in [-0.1, -0.05) is 6.58 Å². The van der Waals surface area contributed by atoms with Gasteiger partial charge in [-0.05, 0) is 6.92 Å². The molecule has 0 aliphatic carbocycles. The van der Waals surface area contributed by atoms with Crippen LogP contribution in [-0.4, -0.2) is 50.7 Å². The molecule has 0 fully saturated rings. The van der Waals surface area contributed by atoms with Crippen LogP contribution >= 0.6 is 0 Å². The van der Waals surface area contributed by atoms with Crippen LogP contribution < -0.4 is 0 Å². The Morgan fingerprint density at radius 2 is 1.88 bits per heavy atom. The van der Waals surface area contributed by atoms with E-state index in [1.165, 1.54) is 6.92 Å². The van der Waals surface area contributed by atoms with Crippen molar-refractivity contribution in [3.8, 4) is 0 Å². The maximum absolute atomic E-state index is 9.79. The predicted molar refractivity (Wildman–Crippen MR) is 34.3 cm³/mol. The van der Waals surface area contributed by atoms with Crippen molar-refractivity contribution in [1.29, 1.82) is 0 Å². The van der Waals surface area contributed by atoms with Crippen LogP contribution in [0.25, 0.3) is 0 Å². The smallest absolute Gasteiger partial charge is 1.00 e. The molecule has 0 aliphatic heterocycles. The Balaban J connectivity index is -0.0000000600. The minimum Gasteiger partial charge on any atom is -1.00 e. The summed E-state index contributed by atoms with van der Waals surface area (Å²) in [6, 6.07) is 0. The van der Waals surface area contributed by atoms with Crippen molar-refractivity contribution >= 4 is 47.9 Å². The third kappa shape index (κ3) is 5.05. The van der Waals surface area contributed by atoms with Crippen molar-refractivity contribution in [2.75, 3.05) is 0 Å². The normalized spacial score (nSPS) is 9.75. The summed E-state index contributed by atoms with van der Waals surface area (Å²) in [5, 5.41) is 0. The zero-order valence-corrected chi connectivity index (χ0v) is 7.61.